The van der Waals surface area contributed by atoms with Gasteiger partial charge in [-0.25, -0.2) is 0 Å². The number of fused-ring (bicyclic) bond motifs is 2. The topological polar surface area (TPSA) is 279 Å². The molecule has 3 aliphatic rings. The van der Waals surface area contributed by atoms with Gasteiger partial charge in [0.2, 0.25) is 0 Å². The van der Waals surface area contributed by atoms with Crippen molar-refractivity contribution in [1.82, 2.24) is 0 Å². The summed E-state index contributed by atoms with van der Waals surface area (Å²) in [4.78, 5) is 25.1. The summed E-state index contributed by atoms with van der Waals surface area (Å²) in [5.41, 5.74) is 6.27. The Kier molecular flexibility index (Phi) is 23.5. The third-order valence-corrected chi connectivity index (χ3v) is 12.4. The van der Waals surface area contributed by atoms with Crippen molar-refractivity contribution in [2.24, 2.45) is 29.4 Å². The van der Waals surface area contributed by atoms with Crippen molar-refractivity contribution in [3.8, 4) is 0 Å². The van der Waals surface area contributed by atoms with E-state index in [-0.39, 0.29) is 43.6 Å². The molecule has 0 saturated carbocycles. The van der Waals surface area contributed by atoms with Gasteiger partial charge in [0.05, 0.1) is 61.4 Å². The number of hydrogen-bond donors (Lipinski definition) is 10. The molecular formula is C48H75NO15. The van der Waals surface area contributed by atoms with E-state index in [2.05, 4.69) is 0 Å². The Morgan fingerprint density at radius 2 is 1.25 bits per heavy atom. The van der Waals surface area contributed by atoms with Crippen molar-refractivity contribution < 1.29 is 74.5 Å². The van der Waals surface area contributed by atoms with Gasteiger partial charge in [0.15, 0.2) is 12.1 Å². The molecule has 64 heavy (non-hydrogen) atoms. The number of allylic oxidation sites excluding steroid dienone is 12. The zero-order valence-corrected chi connectivity index (χ0v) is 37.8. The van der Waals surface area contributed by atoms with Crippen molar-refractivity contribution in [3.63, 3.8) is 0 Å². The van der Waals surface area contributed by atoms with E-state index in [4.69, 9.17) is 24.7 Å². The third kappa shape index (κ3) is 18.1. The van der Waals surface area contributed by atoms with Crippen molar-refractivity contribution in [2.75, 3.05) is 0 Å². The summed E-state index contributed by atoms with van der Waals surface area (Å²) < 4.78 is 23.6. The number of aliphatic hydroxyl groups excluding tert-OH is 7. The molecule has 0 spiro atoms. The molecule has 0 amide bonds. The molecule has 0 radical (unpaired) electrons. The molecule has 9 unspecified atom stereocenters. The van der Waals surface area contributed by atoms with E-state index in [1.165, 1.54) is 0 Å². The van der Waals surface area contributed by atoms with Crippen LogP contribution >= 0.6 is 0 Å². The van der Waals surface area contributed by atoms with Crippen molar-refractivity contribution in [2.45, 2.75) is 178 Å². The molecule has 2 fully saturated rings. The van der Waals surface area contributed by atoms with Crippen molar-refractivity contribution >= 4 is 11.9 Å². The molecular weight excluding hydrogens is 831 g/mol. The normalized spacial score (nSPS) is 44.8. The lowest BCUT2D eigenvalue weighted by molar-refractivity contribution is -0.307. The first-order valence-corrected chi connectivity index (χ1v) is 22.6. The Balaban J connectivity index is 1.84. The summed E-state index contributed by atoms with van der Waals surface area (Å²) in [6, 6.07) is -0.690. The Morgan fingerprint density at radius 1 is 0.688 bits per heavy atom. The number of cyclic esters (lactones) is 1. The van der Waals surface area contributed by atoms with Gasteiger partial charge in [-0.05, 0) is 32.6 Å². The van der Waals surface area contributed by atoms with Crippen LogP contribution in [0.4, 0.5) is 0 Å². The lowest BCUT2D eigenvalue weighted by atomic mass is 9.82. The molecule has 3 rings (SSSR count). The van der Waals surface area contributed by atoms with Crippen LogP contribution < -0.4 is 5.73 Å². The van der Waals surface area contributed by atoms with Crippen LogP contribution in [0.2, 0.25) is 0 Å². The van der Waals surface area contributed by atoms with Crippen LogP contribution in [-0.4, -0.2) is 143 Å². The van der Waals surface area contributed by atoms with E-state index in [1.54, 1.807) is 57.2 Å². The molecule has 0 aromatic heterocycles. The molecule has 3 heterocycles. The molecule has 2 saturated heterocycles. The molecule has 11 N–H and O–H groups in total. The molecule has 2 bridgehead atoms. The number of ether oxygens (including phenoxy) is 4. The highest BCUT2D eigenvalue weighted by Crippen LogP contribution is 2.38. The lowest BCUT2D eigenvalue weighted by Crippen LogP contribution is -2.58. The van der Waals surface area contributed by atoms with Gasteiger partial charge in [0.25, 0.3) is 0 Å². The number of hydrogen-bond acceptors (Lipinski definition) is 15. The average Bonchev–Trinajstić information content (AvgIpc) is 3.21. The van der Waals surface area contributed by atoms with E-state index < -0.39 is 122 Å². The van der Waals surface area contributed by atoms with E-state index >= 15 is 0 Å². The number of nitrogens with two attached hydrogens (primary N) is 1. The Labute approximate surface area is 377 Å². The third-order valence-electron chi connectivity index (χ3n) is 12.4. The second-order valence-corrected chi connectivity index (χ2v) is 17.8. The average molecular weight is 906 g/mol. The summed E-state index contributed by atoms with van der Waals surface area (Å²) >= 11 is 0. The van der Waals surface area contributed by atoms with E-state index in [0.29, 0.717) is 12.8 Å². The molecule has 3 aliphatic heterocycles. The number of rotatable bonds is 3. The Bertz CT molecular complexity index is 1630. The number of esters is 1. The van der Waals surface area contributed by atoms with Crippen LogP contribution in [0.15, 0.2) is 85.1 Å². The van der Waals surface area contributed by atoms with Crippen LogP contribution in [-0.2, 0) is 28.5 Å². The molecule has 0 aliphatic carbocycles. The summed E-state index contributed by atoms with van der Waals surface area (Å²) in [6.45, 7) is 8.97. The van der Waals surface area contributed by atoms with Gasteiger partial charge in [0.1, 0.15) is 18.1 Å². The predicted octanol–water partition coefficient (Wildman–Crippen LogP) is 3.02. The van der Waals surface area contributed by atoms with E-state index in [9.17, 15) is 55.5 Å². The summed E-state index contributed by atoms with van der Waals surface area (Å²) in [5, 5.41) is 97.5. The van der Waals surface area contributed by atoms with Crippen molar-refractivity contribution in [1.29, 1.82) is 0 Å². The monoisotopic (exact) mass is 906 g/mol. The molecule has 0 aromatic rings. The van der Waals surface area contributed by atoms with Gasteiger partial charge in [-0.15, -0.1) is 0 Å². The second-order valence-electron chi connectivity index (χ2n) is 17.8. The fraction of sp³-hybridized carbons (Fsp3) is 0.667. The standard InChI is InChI=1S/C48H75NO15/c1-29-20-16-14-12-10-8-6-7-9-11-13-15-17-22-36(63-47-45(57)43(49)30(2)32(4)62-47)26-40-42(46(58)59)39(54)28-48(60,64-40)27-35(51)24-38(53)37(52)23-19-18-21-34(50)25-41(55)61-33(5)31(3)44(29)56/h6-17,20,22,29-40,42-45,47,50-54,56-57,60H,18-19,21,23-28,49H2,1-5H3,(H,58,59)/b7-6+,10-8+,11-9+,14-12+,15-13+,20-16+,22-17+/t29-,30?,31-,32?,33-,34?,35?,36-,37+,38?,39-,40?,42+,43?,44+,45?,47?,48+/m0/s1. The van der Waals surface area contributed by atoms with Gasteiger partial charge in [0, 0.05) is 43.6 Å². The molecule has 0 aromatic carbocycles. The largest absolute Gasteiger partial charge is 0.481 e. The van der Waals surface area contributed by atoms with Crippen LogP contribution in [0.3, 0.4) is 0 Å². The van der Waals surface area contributed by atoms with Gasteiger partial charge < -0.3 is 70.6 Å². The highest BCUT2D eigenvalue weighted by Gasteiger charge is 2.51. The summed E-state index contributed by atoms with van der Waals surface area (Å²) in [6.07, 6.45) is 10.5. The van der Waals surface area contributed by atoms with E-state index in [1.807, 2.05) is 62.5 Å². The first-order valence-electron chi connectivity index (χ1n) is 22.6. The van der Waals surface area contributed by atoms with Gasteiger partial charge >= 0.3 is 11.9 Å². The number of aliphatic hydroxyl groups is 8. The minimum absolute atomic E-state index is 0.0951. The molecule has 362 valence electrons. The minimum Gasteiger partial charge on any atom is -0.481 e. The first-order chi connectivity index (χ1) is 30.2. The number of carboxylic acids is 1. The zero-order chi connectivity index (χ0) is 47.6. The van der Waals surface area contributed by atoms with Crippen LogP contribution in [0, 0.1) is 23.7 Å². The van der Waals surface area contributed by atoms with Gasteiger partial charge in [-0.1, -0.05) is 119 Å². The van der Waals surface area contributed by atoms with E-state index in [0.717, 1.165) is 0 Å². The first kappa shape index (κ1) is 55.0. The Hall–Kier alpha value is -3.36. The predicted molar refractivity (Wildman–Crippen MR) is 239 cm³/mol. The second kappa shape index (κ2) is 27.3. The van der Waals surface area contributed by atoms with Crippen LogP contribution in [0.5, 0.6) is 0 Å². The summed E-state index contributed by atoms with van der Waals surface area (Å²) in [7, 11) is 0. The van der Waals surface area contributed by atoms with Gasteiger partial charge in [-0.2, -0.15) is 0 Å². The molecule has 16 nitrogen and oxygen atoms in total. The smallest absolute Gasteiger partial charge is 0.311 e. The number of carboxylic acid groups (broad SMARTS) is 1. The van der Waals surface area contributed by atoms with Crippen LogP contribution in [0.25, 0.3) is 0 Å². The van der Waals surface area contributed by atoms with Crippen molar-refractivity contribution in [3.05, 3.63) is 85.1 Å². The maximum Gasteiger partial charge on any atom is 0.311 e. The fourth-order valence-electron chi connectivity index (χ4n) is 8.08. The summed E-state index contributed by atoms with van der Waals surface area (Å²) in [5.74, 6) is -6.60. The van der Waals surface area contributed by atoms with Crippen LogP contribution in [0.1, 0.15) is 92.4 Å². The zero-order valence-electron chi connectivity index (χ0n) is 37.8. The molecule has 16 heteroatoms. The fourth-order valence-corrected chi connectivity index (χ4v) is 8.08. The SMILES string of the molecule is CC1OC(O[C@H]2/C=C/C=C/C=C/C=C/C=C/C=C/C=C/[C@H](C)[C@@H](O)[C@@H](C)[C@H](C)OC(=O)CC(O)CCCC[C@@H](O)C(O)CC(O)C[C@]3(O)C[C@H](O)[C@@H](C(=O)O)C(C2)O3)C(O)C(N)C1C. The Morgan fingerprint density at radius 3 is 1.84 bits per heavy atom. The highest BCUT2D eigenvalue weighted by molar-refractivity contribution is 5.71. The van der Waals surface area contributed by atoms with Gasteiger partial charge in [-0.3, -0.25) is 9.59 Å². The highest BCUT2D eigenvalue weighted by atomic mass is 16.7. The number of carbonyl (C=O) groups is 2. The number of aliphatic carboxylic acids is 1. The lowest BCUT2D eigenvalue weighted by Gasteiger charge is -2.45. The minimum atomic E-state index is -2.25. The maximum atomic E-state index is 12.6. The quantitative estimate of drug-likeness (QED) is 0.182. The number of carbonyl (C=O) groups excluding carboxylic acids is 1. The maximum absolute atomic E-state index is 12.6. The molecule has 18 atom stereocenters.